The lowest BCUT2D eigenvalue weighted by atomic mass is 10.0. The van der Waals surface area contributed by atoms with Gasteiger partial charge in [0.1, 0.15) is 13.2 Å². The van der Waals surface area contributed by atoms with Crippen LogP contribution in [0.4, 0.5) is 0 Å². The zero-order valence-corrected chi connectivity index (χ0v) is 57.4. The van der Waals surface area contributed by atoms with Crippen LogP contribution >= 0.6 is 7.82 Å². The molecule has 1 amide bonds. The number of nitrogens with one attached hydrogen (secondary N) is 1. The van der Waals surface area contributed by atoms with Gasteiger partial charge in [0.05, 0.1) is 39.9 Å². The number of phosphoric ester groups is 1. The van der Waals surface area contributed by atoms with Gasteiger partial charge >= 0.3 is 0 Å². The number of carbonyl (C=O) groups excluding carboxylic acids is 1. The molecule has 0 fully saturated rings. The Hall–Kier alpha value is -3.36. The molecule has 2 N–H and O–H groups in total. The summed E-state index contributed by atoms with van der Waals surface area (Å²) >= 11 is 0. The van der Waals surface area contributed by atoms with Crippen LogP contribution in [-0.2, 0) is 18.4 Å². The third kappa shape index (κ3) is 68.1. The van der Waals surface area contributed by atoms with Crippen molar-refractivity contribution in [3.63, 3.8) is 0 Å². The molecule has 0 spiro atoms. The Labute approximate surface area is 532 Å². The number of quaternary nitrogens is 1. The van der Waals surface area contributed by atoms with E-state index in [1.807, 2.05) is 27.2 Å². The van der Waals surface area contributed by atoms with Crippen molar-refractivity contribution in [2.45, 2.75) is 309 Å². The van der Waals surface area contributed by atoms with Crippen LogP contribution in [0.2, 0.25) is 0 Å². The van der Waals surface area contributed by atoms with Gasteiger partial charge in [-0.3, -0.25) is 9.36 Å². The average molecular weight is 1220 g/mol. The molecule has 0 saturated heterocycles. The Morgan fingerprint density at radius 1 is 0.419 bits per heavy atom. The summed E-state index contributed by atoms with van der Waals surface area (Å²) in [7, 11) is 1.22. The van der Waals surface area contributed by atoms with Crippen LogP contribution in [0, 0.1) is 0 Å². The molecular weight excluding hydrogens is 1080 g/mol. The van der Waals surface area contributed by atoms with Crippen LogP contribution in [0.3, 0.4) is 0 Å². The Balaban J connectivity index is 4.19. The van der Waals surface area contributed by atoms with Gasteiger partial charge in [-0.05, 0) is 109 Å². The summed E-state index contributed by atoms with van der Waals surface area (Å²) in [6, 6.07) is -0.924. The number of rotatable bonds is 64. The van der Waals surface area contributed by atoms with Gasteiger partial charge in [0.15, 0.2) is 0 Å². The number of likely N-dealkylation sites (N-methyl/N-ethyl adjacent to an activating group) is 1. The van der Waals surface area contributed by atoms with E-state index < -0.39 is 26.6 Å². The van der Waals surface area contributed by atoms with Gasteiger partial charge in [-0.25, -0.2) is 0 Å². The van der Waals surface area contributed by atoms with Gasteiger partial charge in [-0.1, -0.05) is 314 Å². The highest BCUT2D eigenvalue weighted by Gasteiger charge is 2.23. The number of nitrogens with zero attached hydrogens (tertiary/aromatic N) is 1. The molecule has 494 valence electrons. The maximum absolute atomic E-state index is 13.0. The van der Waals surface area contributed by atoms with Gasteiger partial charge in [0.2, 0.25) is 5.91 Å². The monoisotopic (exact) mass is 1220 g/mol. The van der Waals surface area contributed by atoms with Crippen molar-refractivity contribution in [1.29, 1.82) is 0 Å². The van der Waals surface area contributed by atoms with E-state index in [0.717, 1.165) is 109 Å². The summed E-state index contributed by atoms with van der Waals surface area (Å²) in [5, 5.41) is 13.9. The minimum Gasteiger partial charge on any atom is -0.756 e. The first-order chi connectivity index (χ1) is 42.0. The highest BCUT2D eigenvalue weighted by atomic mass is 31.2. The number of aliphatic hydroxyl groups excluding tert-OH is 1. The van der Waals surface area contributed by atoms with Crippen molar-refractivity contribution in [1.82, 2.24) is 5.32 Å². The van der Waals surface area contributed by atoms with Gasteiger partial charge in [0.25, 0.3) is 7.82 Å². The van der Waals surface area contributed by atoms with Gasteiger partial charge < -0.3 is 28.8 Å². The number of allylic oxidation sites excluding steroid dienone is 21. The SMILES string of the molecule is CC/C=C\C/C=C\C/C=C\C/C=C\C/C=C\C/C=C\C/C=C\C/C=C\CCCCCCCCCCCCC(=O)NC(COP(=O)([O-])OCC[N+](C)(C)C)C(O)/C=C/CC/C=C/CC/C=C/CCCCCCCCCCCCCCCCCCCCC. The molecule has 0 bridgehead atoms. The average Bonchev–Trinajstić information content (AvgIpc) is 3.70. The Kier molecular flexibility index (Phi) is 63.5. The van der Waals surface area contributed by atoms with Crippen molar-refractivity contribution in [3.8, 4) is 0 Å². The fourth-order valence-corrected chi connectivity index (χ4v) is 10.6. The van der Waals surface area contributed by atoms with Crippen molar-refractivity contribution in [3.05, 3.63) is 134 Å². The summed E-state index contributed by atoms with van der Waals surface area (Å²) < 4.78 is 23.4. The molecule has 0 aliphatic heterocycles. The van der Waals surface area contributed by atoms with Gasteiger partial charge in [-0.15, -0.1) is 0 Å². The summed E-state index contributed by atoms with van der Waals surface area (Å²) in [6.45, 7) is 4.52. The molecule has 0 heterocycles. The van der Waals surface area contributed by atoms with Crippen molar-refractivity contribution >= 4 is 13.7 Å². The normalized spacial score (nSPS) is 14.5. The van der Waals surface area contributed by atoms with E-state index in [2.05, 4.69) is 141 Å². The quantitative estimate of drug-likeness (QED) is 0.0272. The zero-order valence-electron chi connectivity index (χ0n) is 56.5. The van der Waals surface area contributed by atoms with E-state index in [0.29, 0.717) is 17.4 Å². The highest BCUT2D eigenvalue weighted by Crippen LogP contribution is 2.38. The third-order valence-electron chi connectivity index (χ3n) is 15.3. The summed E-state index contributed by atoms with van der Waals surface area (Å²) in [5.74, 6) is -0.219. The Morgan fingerprint density at radius 3 is 1.08 bits per heavy atom. The first-order valence-corrected chi connectivity index (χ1v) is 37.0. The van der Waals surface area contributed by atoms with Crippen LogP contribution in [0.25, 0.3) is 0 Å². The van der Waals surface area contributed by atoms with E-state index in [-0.39, 0.29) is 12.5 Å². The minimum atomic E-state index is -4.63. The Morgan fingerprint density at radius 2 is 0.721 bits per heavy atom. The summed E-state index contributed by atoms with van der Waals surface area (Å²) in [4.78, 5) is 25.6. The predicted octanol–water partition coefficient (Wildman–Crippen LogP) is 22.4. The van der Waals surface area contributed by atoms with E-state index in [1.165, 1.54) is 167 Å². The first-order valence-electron chi connectivity index (χ1n) is 35.5. The fourth-order valence-electron chi connectivity index (χ4n) is 9.85. The molecule has 8 nitrogen and oxygen atoms in total. The van der Waals surface area contributed by atoms with E-state index in [1.54, 1.807) is 6.08 Å². The zero-order chi connectivity index (χ0) is 62.6. The smallest absolute Gasteiger partial charge is 0.268 e. The Bertz CT molecular complexity index is 1870. The second-order valence-corrected chi connectivity index (χ2v) is 26.2. The molecule has 0 saturated carbocycles. The first kappa shape index (κ1) is 82.6. The van der Waals surface area contributed by atoms with Crippen LogP contribution in [-0.4, -0.2) is 68.5 Å². The summed E-state index contributed by atoms with van der Waals surface area (Å²) in [5.41, 5.74) is 0. The molecule has 0 radical (unpaired) electrons. The van der Waals surface area contributed by atoms with Gasteiger partial charge in [0, 0.05) is 6.42 Å². The van der Waals surface area contributed by atoms with E-state index in [4.69, 9.17) is 9.05 Å². The molecule has 9 heteroatoms. The standard InChI is InChI=1S/C77H135N2O6P/c1-6-8-10-12-14-16-18-20-22-24-26-28-30-32-34-36-37-38-39-40-41-43-45-47-49-51-53-55-57-59-61-63-65-67-69-71-77(81)78-75(74-85-86(82,83)84-73-72-79(3,4)5)76(80)70-68-66-64-62-60-58-56-54-52-50-48-46-44-42-35-33-31-29-27-25-23-21-19-17-15-13-11-9-7-2/h8,10,14,16,20,22,26,28,32,34,37-38,40-41,45,47,52,54,60,62,68,70,75-76,80H,6-7,9,11-13,15,17-19,21,23-25,27,29-31,33,35-36,39,42-44,46,48-51,53,55-59,61,63-67,69,71-74H2,1-5H3,(H-,78,81,82,83)/b10-8-,16-14-,22-20-,28-26-,34-32-,38-37-,41-40-,47-45-,54-52+,62-60+,70-68+. The number of unbranched alkanes of at least 4 members (excludes halogenated alkanes) is 31. The maximum atomic E-state index is 13.0. The minimum absolute atomic E-state index is 0.0160. The summed E-state index contributed by atoms with van der Waals surface area (Å²) in [6.07, 6.45) is 100. The van der Waals surface area contributed by atoms with Crippen molar-refractivity contribution in [2.24, 2.45) is 0 Å². The molecule has 3 unspecified atom stereocenters. The van der Waals surface area contributed by atoms with Crippen LogP contribution < -0.4 is 10.2 Å². The van der Waals surface area contributed by atoms with E-state index in [9.17, 15) is 19.4 Å². The molecule has 0 rings (SSSR count). The van der Waals surface area contributed by atoms with Crippen molar-refractivity contribution < 1.29 is 32.9 Å². The maximum Gasteiger partial charge on any atom is 0.268 e. The van der Waals surface area contributed by atoms with E-state index >= 15 is 0 Å². The number of carbonyl (C=O) groups is 1. The number of phosphoric acid groups is 1. The van der Waals surface area contributed by atoms with Gasteiger partial charge in [-0.2, -0.15) is 0 Å². The molecule has 0 aliphatic rings. The number of aliphatic hydroxyl groups is 1. The number of amides is 1. The lowest BCUT2D eigenvalue weighted by Crippen LogP contribution is -2.45. The molecule has 86 heavy (non-hydrogen) atoms. The topological polar surface area (TPSA) is 108 Å². The molecule has 0 aromatic rings. The number of hydrogen-bond donors (Lipinski definition) is 2. The second kappa shape index (κ2) is 66.1. The molecule has 3 atom stereocenters. The molecular formula is C77H135N2O6P. The third-order valence-corrected chi connectivity index (χ3v) is 16.3. The molecule has 0 aromatic heterocycles. The molecule has 0 aromatic carbocycles. The lowest BCUT2D eigenvalue weighted by molar-refractivity contribution is -0.870. The lowest BCUT2D eigenvalue weighted by Gasteiger charge is -2.29. The van der Waals surface area contributed by atoms with Crippen LogP contribution in [0.5, 0.6) is 0 Å². The van der Waals surface area contributed by atoms with Crippen molar-refractivity contribution in [2.75, 3.05) is 40.9 Å². The predicted molar refractivity (Wildman–Crippen MR) is 375 cm³/mol. The van der Waals surface area contributed by atoms with Crippen LogP contribution in [0.1, 0.15) is 296 Å². The second-order valence-electron chi connectivity index (χ2n) is 24.8. The molecule has 0 aliphatic carbocycles. The largest absolute Gasteiger partial charge is 0.756 e. The van der Waals surface area contributed by atoms with Crippen LogP contribution in [0.15, 0.2) is 134 Å². The fraction of sp³-hybridized carbons (Fsp3) is 0.701. The highest BCUT2D eigenvalue weighted by molar-refractivity contribution is 7.45. The number of hydrogen-bond acceptors (Lipinski definition) is 6.